The Morgan fingerprint density at radius 3 is 2.31 bits per heavy atom. The van der Waals surface area contributed by atoms with Crippen LogP contribution in [0.25, 0.3) is 0 Å². The number of piperazine rings is 1. The largest absolute Gasteiger partial charge is 0.456 e. The first-order valence-electron chi connectivity index (χ1n) is 9.74. The number of aryl methyl sites for hydroxylation is 2. The summed E-state index contributed by atoms with van der Waals surface area (Å²) in [4.78, 5) is 14.5. The second kappa shape index (κ2) is 9.25. The summed E-state index contributed by atoms with van der Waals surface area (Å²) >= 11 is 0. The van der Waals surface area contributed by atoms with Crippen LogP contribution in [0.2, 0.25) is 0 Å². The molecule has 0 N–H and O–H groups in total. The zero-order chi connectivity index (χ0) is 21.0. The van der Waals surface area contributed by atoms with Crippen molar-refractivity contribution >= 4 is 21.9 Å². The van der Waals surface area contributed by atoms with E-state index in [0.717, 1.165) is 53.7 Å². The van der Waals surface area contributed by atoms with E-state index in [1.54, 1.807) is 13.0 Å². The molecule has 5 nitrogen and oxygen atoms in total. The van der Waals surface area contributed by atoms with Crippen molar-refractivity contribution in [3.63, 3.8) is 0 Å². The smallest absolute Gasteiger partial charge is 0.219 e. The SMILES string of the molecule is C/C=S(\c1cc(C#N)ccc1Oc1cc(C)cc(C)c1)N1CCN(C(C)=O)CC1. The molecule has 1 atom stereocenters. The Bertz CT molecular complexity index is 966. The highest BCUT2D eigenvalue weighted by Gasteiger charge is 2.23. The van der Waals surface area contributed by atoms with Gasteiger partial charge in [0.15, 0.2) is 0 Å². The fourth-order valence-corrected chi connectivity index (χ4v) is 5.51. The number of benzene rings is 2. The molecule has 0 aromatic heterocycles. The third-order valence-electron chi connectivity index (χ3n) is 4.91. The number of hydrogen-bond acceptors (Lipinski definition) is 4. The van der Waals surface area contributed by atoms with Gasteiger partial charge in [-0.3, -0.25) is 4.79 Å². The fraction of sp³-hybridized carbons (Fsp3) is 0.348. The molecule has 1 heterocycles. The Kier molecular flexibility index (Phi) is 6.73. The molecule has 1 fully saturated rings. The lowest BCUT2D eigenvalue weighted by molar-refractivity contribution is -0.129. The van der Waals surface area contributed by atoms with E-state index in [-0.39, 0.29) is 16.6 Å². The third-order valence-corrected chi connectivity index (χ3v) is 7.04. The van der Waals surface area contributed by atoms with Crippen molar-refractivity contribution in [3.8, 4) is 17.6 Å². The van der Waals surface area contributed by atoms with E-state index in [9.17, 15) is 10.1 Å². The Morgan fingerprint density at radius 1 is 1.10 bits per heavy atom. The average Bonchev–Trinajstić information content (AvgIpc) is 2.69. The summed E-state index contributed by atoms with van der Waals surface area (Å²) in [5.74, 6) is 1.69. The minimum Gasteiger partial charge on any atom is -0.456 e. The highest BCUT2D eigenvalue weighted by molar-refractivity contribution is 8.13. The van der Waals surface area contributed by atoms with Crippen LogP contribution in [0.5, 0.6) is 11.5 Å². The van der Waals surface area contributed by atoms with Gasteiger partial charge < -0.3 is 9.64 Å². The number of ether oxygens (including phenoxy) is 1. The normalized spacial score (nSPS) is 15.8. The molecule has 0 saturated carbocycles. The quantitative estimate of drug-likeness (QED) is 0.698. The van der Waals surface area contributed by atoms with Gasteiger partial charge >= 0.3 is 0 Å². The van der Waals surface area contributed by atoms with Crippen molar-refractivity contribution in [1.29, 1.82) is 5.26 Å². The Morgan fingerprint density at radius 2 is 1.76 bits per heavy atom. The number of amides is 1. The second-order valence-electron chi connectivity index (χ2n) is 7.18. The van der Waals surface area contributed by atoms with Crippen molar-refractivity contribution in [2.24, 2.45) is 0 Å². The number of nitrogens with zero attached hydrogens (tertiary/aromatic N) is 3. The Labute approximate surface area is 175 Å². The van der Waals surface area contributed by atoms with Gasteiger partial charge in [0.25, 0.3) is 0 Å². The first kappa shape index (κ1) is 21.1. The lowest BCUT2D eigenvalue weighted by Gasteiger charge is -2.36. The topological polar surface area (TPSA) is 56.6 Å². The third kappa shape index (κ3) is 5.06. The number of nitriles is 1. The maximum absolute atomic E-state index is 11.7. The van der Waals surface area contributed by atoms with Gasteiger partial charge in [-0.15, -0.1) is 0 Å². The molecule has 29 heavy (non-hydrogen) atoms. The van der Waals surface area contributed by atoms with Crippen molar-refractivity contribution in [1.82, 2.24) is 9.21 Å². The highest BCUT2D eigenvalue weighted by Crippen LogP contribution is 2.40. The molecule has 1 aliphatic rings. The monoisotopic (exact) mass is 409 g/mol. The molecule has 152 valence electrons. The predicted molar refractivity (Wildman–Crippen MR) is 119 cm³/mol. The molecule has 2 aromatic carbocycles. The minimum atomic E-state index is -0.323. The number of carbonyl (C=O) groups is 1. The van der Waals surface area contributed by atoms with Crippen LogP contribution in [-0.4, -0.2) is 46.7 Å². The molecule has 0 spiro atoms. The van der Waals surface area contributed by atoms with Crippen LogP contribution in [0.4, 0.5) is 0 Å². The van der Waals surface area contributed by atoms with E-state index >= 15 is 0 Å². The van der Waals surface area contributed by atoms with Gasteiger partial charge in [0.2, 0.25) is 5.91 Å². The number of carbonyl (C=O) groups excluding carboxylic acids is 1. The van der Waals surface area contributed by atoms with E-state index in [1.165, 1.54) is 0 Å². The molecule has 1 saturated heterocycles. The summed E-state index contributed by atoms with van der Waals surface area (Å²) in [6, 6.07) is 14.0. The maximum atomic E-state index is 11.7. The first-order valence-corrected chi connectivity index (χ1v) is 11.0. The van der Waals surface area contributed by atoms with Gasteiger partial charge in [-0.05, 0) is 67.6 Å². The van der Waals surface area contributed by atoms with Crippen LogP contribution < -0.4 is 4.74 Å². The summed E-state index contributed by atoms with van der Waals surface area (Å²) in [7, 11) is -0.323. The van der Waals surface area contributed by atoms with Gasteiger partial charge in [0.1, 0.15) is 11.5 Å². The summed E-state index contributed by atoms with van der Waals surface area (Å²) < 4.78 is 8.66. The maximum Gasteiger partial charge on any atom is 0.219 e. The molecule has 0 bridgehead atoms. The lowest BCUT2D eigenvalue weighted by atomic mass is 10.1. The molecule has 6 heteroatoms. The molecule has 0 aliphatic carbocycles. The summed E-state index contributed by atoms with van der Waals surface area (Å²) in [5.41, 5.74) is 2.92. The van der Waals surface area contributed by atoms with Gasteiger partial charge in [-0.1, -0.05) is 16.7 Å². The zero-order valence-electron chi connectivity index (χ0n) is 17.4. The summed E-state index contributed by atoms with van der Waals surface area (Å²) in [6.07, 6.45) is 0. The molecule has 3 rings (SSSR count). The summed E-state index contributed by atoms with van der Waals surface area (Å²) in [6.45, 7) is 10.8. The van der Waals surface area contributed by atoms with E-state index in [0.29, 0.717) is 5.56 Å². The lowest BCUT2D eigenvalue weighted by Crippen LogP contribution is -2.46. The fourth-order valence-electron chi connectivity index (χ4n) is 3.56. The van der Waals surface area contributed by atoms with Gasteiger partial charge in [-0.25, -0.2) is 4.31 Å². The van der Waals surface area contributed by atoms with E-state index < -0.39 is 0 Å². The standard InChI is InChI=1S/C23H27N3O2S/c1-5-29(26-10-8-25(9-11-26)19(4)27)23-15-20(16-24)6-7-22(23)28-21-13-17(2)12-18(3)14-21/h5-7,12-15H,8-11H2,1-4H3. The predicted octanol–water partition coefficient (Wildman–Crippen LogP) is 4.50. The summed E-state index contributed by atoms with van der Waals surface area (Å²) in [5, 5.41) is 11.6. The van der Waals surface area contributed by atoms with Crippen LogP contribution in [0, 0.1) is 25.2 Å². The highest BCUT2D eigenvalue weighted by atomic mass is 32.2. The second-order valence-corrected chi connectivity index (χ2v) is 9.24. The molecule has 2 aromatic rings. The number of hydrogen-bond donors (Lipinski definition) is 0. The van der Waals surface area contributed by atoms with E-state index in [4.69, 9.17) is 4.74 Å². The van der Waals surface area contributed by atoms with Crippen LogP contribution in [0.1, 0.15) is 30.5 Å². The van der Waals surface area contributed by atoms with Crippen LogP contribution >= 0.6 is 10.7 Å². The molecular formula is C23H27N3O2S. The minimum absolute atomic E-state index is 0.121. The molecular weight excluding hydrogens is 382 g/mol. The Hall–Kier alpha value is -2.62. The number of rotatable bonds is 4. The molecule has 1 unspecified atom stereocenters. The van der Waals surface area contributed by atoms with Gasteiger partial charge in [0.05, 0.1) is 16.5 Å². The van der Waals surface area contributed by atoms with Crippen molar-refractivity contribution in [2.75, 3.05) is 26.2 Å². The van der Waals surface area contributed by atoms with Gasteiger partial charge in [-0.2, -0.15) is 5.26 Å². The van der Waals surface area contributed by atoms with Crippen LogP contribution in [0.3, 0.4) is 0 Å². The Balaban J connectivity index is 1.94. The zero-order valence-corrected chi connectivity index (χ0v) is 18.3. The first-order chi connectivity index (χ1) is 13.9. The van der Waals surface area contributed by atoms with Crippen molar-refractivity contribution < 1.29 is 9.53 Å². The average molecular weight is 410 g/mol. The van der Waals surface area contributed by atoms with E-state index in [1.807, 2.05) is 36.1 Å². The van der Waals surface area contributed by atoms with Crippen molar-refractivity contribution in [3.05, 3.63) is 53.1 Å². The molecule has 0 radical (unpaired) electrons. The molecule has 1 aliphatic heterocycles. The van der Waals surface area contributed by atoms with Crippen molar-refractivity contribution in [2.45, 2.75) is 32.6 Å². The van der Waals surface area contributed by atoms with E-state index in [2.05, 4.69) is 35.7 Å². The van der Waals surface area contributed by atoms with Crippen LogP contribution in [-0.2, 0) is 4.79 Å². The van der Waals surface area contributed by atoms with Crippen LogP contribution in [0.15, 0.2) is 41.3 Å². The molecule has 1 amide bonds. The van der Waals surface area contributed by atoms with Gasteiger partial charge in [0, 0.05) is 33.1 Å².